The highest BCUT2D eigenvalue weighted by atomic mass is 35.5. The molecule has 1 heterocycles. The summed E-state index contributed by atoms with van der Waals surface area (Å²) in [5.74, 6) is 0.588. The Balaban J connectivity index is 1.88. The summed E-state index contributed by atoms with van der Waals surface area (Å²) in [5.41, 5.74) is 2.01. The standard InChI is InChI=1S/C12H16ClNS/c13-8-11-14-9-3-6-12(4-1-2-5-12)7-10(9)15-11/h1-8H2. The van der Waals surface area contributed by atoms with Crippen molar-refractivity contribution >= 4 is 22.9 Å². The molecule has 1 spiro atoms. The van der Waals surface area contributed by atoms with Crippen molar-refractivity contribution < 1.29 is 0 Å². The minimum absolute atomic E-state index is 0.588. The molecule has 15 heavy (non-hydrogen) atoms. The monoisotopic (exact) mass is 241 g/mol. The summed E-state index contributed by atoms with van der Waals surface area (Å²) in [7, 11) is 0. The highest BCUT2D eigenvalue weighted by molar-refractivity contribution is 7.12. The minimum Gasteiger partial charge on any atom is -0.245 e. The minimum atomic E-state index is 0.588. The van der Waals surface area contributed by atoms with Crippen molar-refractivity contribution in [3.63, 3.8) is 0 Å². The van der Waals surface area contributed by atoms with Crippen molar-refractivity contribution in [1.82, 2.24) is 4.98 Å². The van der Waals surface area contributed by atoms with Crippen molar-refractivity contribution in [2.24, 2.45) is 5.41 Å². The third-order valence-electron chi connectivity index (χ3n) is 4.03. The van der Waals surface area contributed by atoms with Crippen LogP contribution in [0.2, 0.25) is 0 Å². The van der Waals surface area contributed by atoms with Gasteiger partial charge < -0.3 is 0 Å². The molecule has 2 aliphatic carbocycles. The van der Waals surface area contributed by atoms with Gasteiger partial charge in [0.1, 0.15) is 5.01 Å². The van der Waals surface area contributed by atoms with E-state index in [1.807, 2.05) is 11.3 Å². The fourth-order valence-corrected chi connectivity index (χ4v) is 4.55. The lowest BCUT2D eigenvalue weighted by Crippen LogP contribution is -2.24. The predicted octanol–water partition coefficient (Wildman–Crippen LogP) is 3.93. The fraction of sp³-hybridized carbons (Fsp3) is 0.750. The highest BCUT2D eigenvalue weighted by Gasteiger charge is 2.38. The van der Waals surface area contributed by atoms with Gasteiger partial charge in [-0.15, -0.1) is 22.9 Å². The maximum absolute atomic E-state index is 5.85. The van der Waals surface area contributed by atoms with E-state index in [0.717, 1.165) is 5.01 Å². The normalized spacial score (nSPS) is 23.3. The smallest absolute Gasteiger partial charge is 0.108 e. The molecule has 0 saturated heterocycles. The molecule has 2 aliphatic rings. The Labute approximate surface area is 99.9 Å². The number of thiazole rings is 1. The molecule has 1 saturated carbocycles. The summed E-state index contributed by atoms with van der Waals surface area (Å²) in [6.07, 6.45) is 9.62. The van der Waals surface area contributed by atoms with Crippen LogP contribution < -0.4 is 0 Å². The van der Waals surface area contributed by atoms with Crippen LogP contribution in [0, 0.1) is 5.41 Å². The van der Waals surface area contributed by atoms with Gasteiger partial charge in [-0.25, -0.2) is 4.98 Å². The van der Waals surface area contributed by atoms with E-state index >= 15 is 0 Å². The van der Waals surface area contributed by atoms with Gasteiger partial charge in [0.2, 0.25) is 0 Å². The van der Waals surface area contributed by atoms with Crippen molar-refractivity contribution in [3.8, 4) is 0 Å². The molecule has 3 heteroatoms. The number of rotatable bonds is 1. The van der Waals surface area contributed by atoms with Crippen LogP contribution in [0.25, 0.3) is 0 Å². The zero-order chi connectivity index (χ0) is 10.3. The molecule has 1 fully saturated rings. The van der Waals surface area contributed by atoms with Crippen molar-refractivity contribution in [3.05, 3.63) is 15.6 Å². The molecule has 82 valence electrons. The summed E-state index contributed by atoms with van der Waals surface area (Å²) in [6, 6.07) is 0. The zero-order valence-corrected chi connectivity index (χ0v) is 10.5. The van der Waals surface area contributed by atoms with Crippen LogP contribution in [0.1, 0.15) is 47.7 Å². The van der Waals surface area contributed by atoms with Crippen LogP contribution in [0.4, 0.5) is 0 Å². The second-order valence-electron chi connectivity index (χ2n) is 4.99. The number of nitrogens with zero attached hydrogens (tertiary/aromatic N) is 1. The Morgan fingerprint density at radius 2 is 2.07 bits per heavy atom. The van der Waals surface area contributed by atoms with E-state index in [4.69, 9.17) is 11.6 Å². The Morgan fingerprint density at radius 1 is 1.27 bits per heavy atom. The Morgan fingerprint density at radius 3 is 2.80 bits per heavy atom. The molecule has 1 nitrogen and oxygen atoms in total. The van der Waals surface area contributed by atoms with Gasteiger partial charge in [-0.1, -0.05) is 12.8 Å². The van der Waals surface area contributed by atoms with Crippen LogP contribution in [0.3, 0.4) is 0 Å². The number of alkyl halides is 1. The van der Waals surface area contributed by atoms with Crippen LogP contribution in [-0.4, -0.2) is 4.98 Å². The number of fused-ring (bicyclic) bond motifs is 1. The third kappa shape index (κ3) is 1.72. The maximum atomic E-state index is 5.85. The van der Waals surface area contributed by atoms with Gasteiger partial charge >= 0.3 is 0 Å². The average molecular weight is 242 g/mol. The van der Waals surface area contributed by atoms with Crippen LogP contribution in [0.15, 0.2) is 0 Å². The highest BCUT2D eigenvalue weighted by Crippen LogP contribution is 2.48. The fourth-order valence-electron chi connectivity index (χ4n) is 3.19. The molecule has 0 unspecified atom stereocenters. The molecule has 0 aliphatic heterocycles. The molecule has 0 aromatic carbocycles. The first kappa shape index (κ1) is 10.1. The van der Waals surface area contributed by atoms with Crippen molar-refractivity contribution in [1.29, 1.82) is 0 Å². The Kier molecular flexibility index (Phi) is 2.52. The second-order valence-corrected chi connectivity index (χ2v) is 6.43. The molecule has 0 N–H and O–H groups in total. The van der Waals surface area contributed by atoms with Gasteiger partial charge in [0.05, 0.1) is 11.6 Å². The third-order valence-corrected chi connectivity index (χ3v) is 5.54. The molecular weight excluding hydrogens is 226 g/mol. The molecule has 0 atom stereocenters. The number of aromatic nitrogens is 1. The van der Waals surface area contributed by atoms with Gasteiger partial charge in [0, 0.05) is 4.88 Å². The topological polar surface area (TPSA) is 12.9 Å². The number of hydrogen-bond donors (Lipinski definition) is 0. The van der Waals surface area contributed by atoms with E-state index in [2.05, 4.69) is 4.98 Å². The summed E-state index contributed by atoms with van der Waals surface area (Å²) >= 11 is 7.70. The van der Waals surface area contributed by atoms with E-state index in [9.17, 15) is 0 Å². The molecule has 0 amide bonds. The summed E-state index contributed by atoms with van der Waals surface area (Å²) in [5, 5.41) is 1.12. The van der Waals surface area contributed by atoms with Crippen molar-refractivity contribution in [2.75, 3.05) is 0 Å². The lowest BCUT2D eigenvalue weighted by molar-refractivity contribution is 0.256. The van der Waals surface area contributed by atoms with Crippen molar-refractivity contribution in [2.45, 2.75) is 50.8 Å². The van der Waals surface area contributed by atoms with Gasteiger partial charge in [0.15, 0.2) is 0 Å². The molecule has 0 bridgehead atoms. The van der Waals surface area contributed by atoms with Gasteiger partial charge in [0.25, 0.3) is 0 Å². The quantitative estimate of drug-likeness (QED) is 0.679. The van der Waals surface area contributed by atoms with Gasteiger partial charge in [-0.3, -0.25) is 0 Å². The lowest BCUT2D eigenvalue weighted by Gasteiger charge is -2.32. The lowest BCUT2D eigenvalue weighted by atomic mass is 9.74. The Hall–Kier alpha value is -0.0800. The van der Waals surface area contributed by atoms with Crippen LogP contribution >= 0.6 is 22.9 Å². The summed E-state index contributed by atoms with van der Waals surface area (Å²) in [6.45, 7) is 0. The van der Waals surface area contributed by atoms with E-state index in [0.29, 0.717) is 11.3 Å². The number of halogens is 1. The maximum Gasteiger partial charge on any atom is 0.108 e. The van der Waals surface area contributed by atoms with E-state index in [-0.39, 0.29) is 0 Å². The first-order chi connectivity index (χ1) is 7.31. The molecule has 3 rings (SSSR count). The molecule has 1 aromatic heterocycles. The number of aryl methyl sites for hydroxylation is 1. The first-order valence-electron chi connectivity index (χ1n) is 5.85. The summed E-state index contributed by atoms with van der Waals surface area (Å²) < 4.78 is 0. The number of hydrogen-bond acceptors (Lipinski definition) is 2. The zero-order valence-electron chi connectivity index (χ0n) is 8.89. The van der Waals surface area contributed by atoms with E-state index in [1.54, 1.807) is 4.88 Å². The van der Waals surface area contributed by atoms with Gasteiger partial charge in [-0.05, 0) is 37.5 Å². The van der Waals surface area contributed by atoms with E-state index in [1.165, 1.54) is 50.6 Å². The summed E-state index contributed by atoms with van der Waals surface area (Å²) in [4.78, 5) is 6.15. The molecular formula is C12H16ClNS. The average Bonchev–Trinajstić information content (AvgIpc) is 2.85. The van der Waals surface area contributed by atoms with Crippen LogP contribution in [0.5, 0.6) is 0 Å². The van der Waals surface area contributed by atoms with Gasteiger partial charge in [-0.2, -0.15) is 0 Å². The second kappa shape index (κ2) is 3.74. The first-order valence-corrected chi connectivity index (χ1v) is 7.20. The SMILES string of the molecule is ClCc1nc2c(s1)CC1(CCCC1)CC2. The predicted molar refractivity (Wildman–Crippen MR) is 64.6 cm³/mol. The molecule has 1 aromatic rings. The Bertz CT molecular complexity index is 366. The molecule has 0 radical (unpaired) electrons. The van der Waals surface area contributed by atoms with E-state index < -0.39 is 0 Å². The van der Waals surface area contributed by atoms with Crippen LogP contribution in [-0.2, 0) is 18.7 Å². The largest absolute Gasteiger partial charge is 0.245 e.